The Labute approximate surface area is 115 Å². The number of hydrogen-bond acceptors (Lipinski definition) is 3. The fourth-order valence-electron chi connectivity index (χ4n) is 1.73. The molecular weight excluding hydrogens is 240 g/mol. The number of anilines is 1. The smallest absolute Gasteiger partial charge is 0.225 e. The van der Waals surface area contributed by atoms with Gasteiger partial charge in [0.1, 0.15) is 5.75 Å². The topological polar surface area (TPSA) is 50.4 Å². The summed E-state index contributed by atoms with van der Waals surface area (Å²) >= 11 is 0. The highest BCUT2D eigenvalue weighted by atomic mass is 16.5. The highest BCUT2D eigenvalue weighted by Gasteiger charge is 2.10. The number of benzene rings is 1. The van der Waals surface area contributed by atoms with Crippen LogP contribution in [0.5, 0.6) is 5.75 Å². The van der Waals surface area contributed by atoms with E-state index in [1.54, 1.807) is 7.11 Å². The summed E-state index contributed by atoms with van der Waals surface area (Å²) in [5.41, 5.74) is 1.85. The summed E-state index contributed by atoms with van der Waals surface area (Å²) in [5.74, 6) is 0.841. The molecule has 1 rings (SSSR count). The van der Waals surface area contributed by atoms with Gasteiger partial charge < -0.3 is 15.4 Å². The van der Waals surface area contributed by atoms with Gasteiger partial charge in [0.15, 0.2) is 0 Å². The fraction of sp³-hybridized carbons (Fsp3) is 0.533. The molecule has 0 aliphatic carbocycles. The van der Waals surface area contributed by atoms with Crippen LogP contribution in [0.4, 0.5) is 5.69 Å². The molecule has 0 heterocycles. The van der Waals surface area contributed by atoms with Crippen molar-refractivity contribution in [1.29, 1.82) is 0 Å². The average molecular weight is 264 g/mol. The lowest BCUT2D eigenvalue weighted by Gasteiger charge is -2.20. The molecular formula is C15H24N2O2. The number of amides is 1. The van der Waals surface area contributed by atoms with E-state index in [4.69, 9.17) is 4.74 Å². The molecule has 2 N–H and O–H groups in total. The third-order valence-electron chi connectivity index (χ3n) is 2.69. The number of hydrogen-bond donors (Lipinski definition) is 2. The van der Waals surface area contributed by atoms with Crippen LogP contribution in [0.3, 0.4) is 0 Å². The van der Waals surface area contributed by atoms with Crippen molar-refractivity contribution in [3.63, 3.8) is 0 Å². The van der Waals surface area contributed by atoms with E-state index in [2.05, 4.69) is 31.4 Å². The SMILES string of the molecule is COc1ccc(NC(=O)CCNC(C)(C)C)cc1C. The minimum Gasteiger partial charge on any atom is -0.496 e. The molecule has 0 atom stereocenters. The molecule has 0 fully saturated rings. The summed E-state index contributed by atoms with van der Waals surface area (Å²) in [4.78, 5) is 11.8. The normalized spacial score (nSPS) is 11.2. The molecule has 0 aromatic heterocycles. The third-order valence-corrected chi connectivity index (χ3v) is 2.69. The Morgan fingerprint density at radius 3 is 2.53 bits per heavy atom. The first-order chi connectivity index (χ1) is 8.81. The Kier molecular flexibility index (Phi) is 5.36. The van der Waals surface area contributed by atoms with Crippen LogP contribution in [-0.2, 0) is 4.79 Å². The van der Waals surface area contributed by atoms with Crippen molar-refractivity contribution in [3.8, 4) is 5.75 Å². The van der Waals surface area contributed by atoms with Gasteiger partial charge in [-0.25, -0.2) is 0 Å². The molecule has 0 radical (unpaired) electrons. The lowest BCUT2D eigenvalue weighted by Crippen LogP contribution is -2.37. The lowest BCUT2D eigenvalue weighted by atomic mass is 10.1. The number of rotatable bonds is 5. The highest BCUT2D eigenvalue weighted by molar-refractivity contribution is 5.91. The van der Waals surface area contributed by atoms with Crippen molar-refractivity contribution >= 4 is 11.6 Å². The van der Waals surface area contributed by atoms with Crippen molar-refractivity contribution in [2.45, 2.75) is 39.7 Å². The molecule has 0 bridgehead atoms. The molecule has 1 aromatic rings. The second kappa shape index (κ2) is 6.57. The molecule has 0 spiro atoms. The second-order valence-electron chi connectivity index (χ2n) is 5.66. The molecule has 4 nitrogen and oxygen atoms in total. The van der Waals surface area contributed by atoms with Gasteiger partial charge in [-0.1, -0.05) is 0 Å². The Morgan fingerprint density at radius 2 is 2.00 bits per heavy atom. The first kappa shape index (κ1) is 15.5. The van der Waals surface area contributed by atoms with Crippen molar-refractivity contribution < 1.29 is 9.53 Å². The standard InChI is InChI=1S/C15H24N2O2/c1-11-10-12(6-7-13(11)19-5)17-14(18)8-9-16-15(2,3)4/h6-7,10,16H,8-9H2,1-5H3,(H,17,18). The maximum atomic E-state index is 11.8. The van der Waals surface area contributed by atoms with Crippen molar-refractivity contribution in [1.82, 2.24) is 5.32 Å². The predicted molar refractivity (Wildman–Crippen MR) is 78.7 cm³/mol. The minimum atomic E-state index is 0.0151. The second-order valence-corrected chi connectivity index (χ2v) is 5.66. The summed E-state index contributed by atoms with van der Waals surface area (Å²) in [6, 6.07) is 5.62. The van der Waals surface area contributed by atoms with Crippen LogP contribution in [0.2, 0.25) is 0 Å². The van der Waals surface area contributed by atoms with Gasteiger partial charge in [-0.2, -0.15) is 0 Å². The molecule has 0 saturated heterocycles. The summed E-state index contributed by atoms with van der Waals surface area (Å²) in [7, 11) is 1.64. The van der Waals surface area contributed by atoms with Gasteiger partial charge in [-0.15, -0.1) is 0 Å². The zero-order valence-electron chi connectivity index (χ0n) is 12.5. The van der Waals surface area contributed by atoms with Gasteiger partial charge in [0.25, 0.3) is 0 Å². The third kappa shape index (κ3) is 5.75. The fourth-order valence-corrected chi connectivity index (χ4v) is 1.73. The van der Waals surface area contributed by atoms with E-state index in [9.17, 15) is 4.79 Å². The monoisotopic (exact) mass is 264 g/mol. The number of carbonyl (C=O) groups is 1. The molecule has 1 amide bonds. The van der Waals surface area contributed by atoms with Crippen molar-refractivity contribution in [2.24, 2.45) is 0 Å². The van der Waals surface area contributed by atoms with Gasteiger partial charge in [0.05, 0.1) is 7.11 Å². The van der Waals surface area contributed by atoms with Gasteiger partial charge in [-0.05, 0) is 51.5 Å². The highest BCUT2D eigenvalue weighted by Crippen LogP contribution is 2.21. The zero-order valence-corrected chi connectivity index (χ0v) is 12.5. The number of methoxy groups -OCH3 is 1. The molecule has 106 valence electrons. The summed E-state index contributed by atoms with van der Waals surface area (Å²) in [6.45, 7) is 8.87. The molecule has 0 aliphatic rings. The Bertz CT molecular complexity index is 436. The average Bonchev–Trinajstić information content (AvgIpc) is 2.27. The number of carbonyl (C=O) groups excluding carboxylic acids is 1. The number of ether oxygens (including phenoxy) is 1. The van der Waals surface area contributed by atoms with Gasteiger partial charge in [0.2, 0.25) is 5.91 Å². The van der Waals surface area contributed by atoms with Gasteiger partial charge in [-0.3, -0.25) is 4.79 Å². The van der Waals surface area contributed by atoms with Crippen LogP contribution >= 0.6 is 0 Å². The summed E-state index contributed by atoms with van der Waals surface area (Å²) in [5, 5.41) is 6.17. The zero-order chi connectivity index (χ0) is 14.5. The summed E-state index contributed by atoms with van der Waals surface area (Å²) < 4.78 is 5.18. The summed E-state index contributed by atoms with van der Waals surface area (Å²) in [6.07, 6.45) is 0.461. The molecule has 0 unspecified atom stereocenters. The first-order valence-corrected chi connectivity index (χ1v) is 6.51. The van der Waals surface area contributed by atoms with Crippen LogP contribution in [0.25, 0.3) is 0 Å². The molecule has 0 aliphatic heterocycles. The minimum absolute atomic E-state index is 0.0151. The van der Waals surface area contributed by atoms with Crippen LogP contribution in [0.15, 0.2) is 18.2 Å². The van der Waals surface area contributed by atoms with E-state index >= 15 is 0 Å². The van der Waals surface area contributed by atoms with E-state index in [1.807, 2.05) is 25.1 Å². The molecule has 19 heavy (non-hydrogen) atoms. The van der Waals surface area contributed by atoms with Crippen LogP contribution in [-0.4, -0.2) is 25.1 Å². The van der Waals surface area contributed by atoms with Crippen molar-refractivity contribution in [3.05, 3.63) is 23.8 Å². The predicted octanol–water partition coefficient (Wildman–Crippen LogP) is 2.72. The maximum absolute atomic E-state index is 11.8. The Balaban J connectivity index is 2.46. The van der Waals surface area contributed by atoms with E-state index in [-0.39, 0.29) is 11.4 Å². The van der Waals surface area contributed by atoms with Crippen LogP contribution < -0.4 is 15.4 Å². The van der Waals surface area contributed by atoms with E-state index < -0.39 is 0 Å². The van der Waals surface area contributed by atoms with Gasteiger partial charge in [0, 0.05) is 24.2 Å². The van der Waals surface area contributed by atoms with E-state index in [1.165, 1.54) is 0 Å². The first-order valence-electron chi connectivity index (χ1n) is 6.51. The Hall–Kier alpha value is -1.55. The number of nitrogens with one attached hydrogen (secondary N) is 2. The molecule has 1 aromatic carbocycles. The van der Waals surface area contributed by atoms with Crippen LogP contribution in [0.1, 0.15) is 32.8 Å². The Morgan fingerprint density at radius 1 is 1.32 bits per heavy atom. The van der Waals surface area contributed by atoms with E-state index in [0.717, 1.165) is 17.0 Å². The quantitative estimate of drug-likeness (QED) is 0.859. The van der Waals surface area contributed by atoms with Crippen LogP contribution in [0, 0.1) is 6.92 Å². The maximum Gasteiger partial charge on any atom is 0.225 e. The lowest BCUT2D eigenvalue weighted by molar-refractivity contribution is -0.116. The van der Waals surface area contributed by atoms with E-state index in [0.29, 0.717) is 13.0 Å². The van der Waals surface area contributed by atoms with Crippen molar-refractivity contribution in [2.75, 3.05) is 19.0 Å². The number of aryl methyl sites for hydroxylation is 1. The molecule has 4 heteroatoms. The molecule has 0 saturated carbocycles. The largest absolute Gasteiger partial charge is 0.496 e. The van der Waals surface area contributed by atoms with Gasteiger partial charge >= 0.3 is 0 Å².